The number of nitrogens with zero attached hydrogens (tertiary/aromatic N) is 5. The number of imidazole rings is 1. The molecule has 3 rings (SSSR count). The van der Waals surface area contributed by atoms with E-state index in [4.69, 9.17) is 11.6 Å². The zero-order chi connectivity index (χ0) is 23.6. The van der Waals surface area contributed by atoms with Crippen LogP contribution in [0.1, 0.15) is 30.8 Å². The van der Waals surface area contributed by atoms with Crippen LogP contribution in [0.4, 0.5) is 19.0 Å². The number of aryl methyl sites for hydroxylation is 1. The maximum absolute atomic E-state index is 12.8. The first-order valence-electron chi connectivity index (χ1n) is 10.4. The molecule has 1 fully saturated rings. The van der Waals surface area contributed by atoms with E-state index in [1.807, 2.05) is 18.7 Å². The zero-order valence-corrected chi connectivity index (χ0v) is 20.1. The Bertz CT molecular complexity index is 971. The minimum atomic E-state index is -4.49. The molecule has 0 spiro atoms. The van der Waals surface area contributed by atoms with Crippen molar-refractivity contribution in [1.29, 1.82) is 0 Å². The average molecular weight is 490 g/mol. The molecule has 6 nitrogen and oxygen atoms in total. The van der Waals surface area contributed by atoms with Crippen LogP contribution in [-0.2, 0) is 17.5 Å². The molecule has 3 heterocycles. The quantitative estimate of drug-likeness (QED) is 0.552. The van der Waals surface area contributed by atoms with Gasteiger partial charge in [0.2, 0.25) is 5.91 Å². The van der Waals surface area contributed by atoms with E-state index >= 15 is 0 Å². The Morgan fingerprint density at radius 3 is 2.44 bits per heavy atom. The van der Waals surface area contributed by atoms with Gasteiger partial charge in [-0.1, -0.05) is 37.2 Å². The summed E-state index contributed by atoms with van der Waals surface area (Å²) in [5.41, 5.74) is 1.21. The molecule has 0 aliphatic carbocycles. The first kappa shape index (κ1) is 24.7. The number of pyridine rings is 1. The summed E-state index contributed by atoms with van der Waals surface area (Å²) < 4.78 is 40.6. The first-order chi connectivity index (χ1) is 15.0. The highest BCUT2D eigenvalue weighted by atomic mass is 35.5. The van der Waals surface area contributed by atoms with Crippen molar-refractivity contribution in [2.24, 2.45) is 5.92 Å². The number of halogens is 4. The summed E-state index contributed by atoms with van der Waals surface area (Å²) in [5, 5.41) is 0.805. The molecule has 2 aromatic rings. The number of carbonyl (C=O) groups is 1. The summed E-state index contributed by atoms with van der Waals surface area (Å²) in [4.78, 5) is 24.8. The molecular weight excluding hydrogens is 463 g/mol. The van der Waals surface area contributed by atoms with Gasteiger partial charge in [-0.2, -0.15) is 13.2 Å². The molecule has 2 aromatic heterocycles. The summed E-state index contributed by atoms with van der Waals surface area (Å²) in [6, 6.07) is 0.890. The van der Waals surface area contributed by atoms with Gasteiger partial charge in [-0.25, -0.2) is 9.97 Å². The van der Waals surface area contributed by atoms with Gasteiger partial charge in [-0.15, -0.1) is 0 Å². The van der Waals surface area contributed by atoms with Crippen molar-refractivity contribution in [1.82, 2.24) is 19.4 Å². The summed E-state index contributed by atoms with van der Waals surface area (Å²) in [6.45, 7) is 11.0. The Balaban J connectivity index is 1.57. The zero-order valence-electron chi connectivity index (χ0n) is 18.5. The summed E-state index contributed by atoms with van der Waals surface area (Å²) in [6.07, 6.45) is -3.70. The van der Waals surface area contributed by atoms with E-state index in [0.717, 1.165) is 35.4 Å². The molecule has 0 radical (unpaired) electrons. The highest BCUT2D eigenvalue weighted by Gasteiger charge is 2.32. The van der Waals surface area contributed by atoms with Gasteiger partial charge in [0.1, 0.15) is 5.82 Å². The maximum atomic E-state index is 12.8. The molecule has 11 heteroatoms. The minimum Gasteiger partial charge on any atom is -0.352 e. The number of anilines is 1. The number of hydrogen-bond donors (Lipinski definition) is 0. The van der Waals surface area contributed by atoms with E-state index in [1.165, 1.54) is 11.8 Å². The Labute approximate surface area is 195 Å². The lowest BCUT2D eigenvalue weighted by Gasteiger charge is -2.35. The molecule has 0 unspecified atom stereocenters. The van der Waals surface area contributed by atoms with E-state index in [1.54, 1.807) is 4.90 Å². The third-order valence-electron chi connectivity index (χ3n) is 5.38. The number of thioether (sulfide) groups is 1. The van der Waals surface area contributed by atoms with E-state index in [2.05, 4.69) is 28.4 Å². The molecule has 0 bridgehead atoms. The predicted molar refractivity (Wildman–Crippen MR) is 120 cm³/mol. The largest absolute Gasteiger partial charge is 0.417 e. The van der Waals surface area contributed by atoms with Crippen molar-refractivity contribution >= 4 is 35.1 Å². The fourth-order valence-electron chi connectivity index (χ4n) is 3.52. The smallest absolute Gasteiger partial charge is 0.352 e. The van der Waals surface area contributed by atoms with Gasteiger partial charge in [0, 0.05) is 44.6 Å². The third kappa shape index (κ3) is 5.70. The molecule has 1 aliphatic rings. The van der Waals surface area contributed by atoms with Crippen molar-refractivity contribution < 1.29 is 18.0 Å². The van der Waals surface area contributed by atoms with E-state index in [0.29, 0.717) is 37.9 Å². The van der Waals surface area contributed by atoms with Gasteiger partial charge in [-0.3, -0.25) is 4.79 Å². The lowest BCUT2D eigenvalue weighted by molar-refractivity contribution is -0.137. The highest BCUT2D eigenvalue weighted by molar-refractivity contribution is 7.99. The van der Waals surface area contributed by atoms with E-state index < -0.39 is 11.7 Å². The van der Waals surface area contributed by atoms with Gasteiger partial charge < -0.3 is 14.4 Å². The van der Waals surface area contributed by atoms with Gasteiger partial charge >= 0.3 is 6.18 Å². The summed E-state index contributed by atoms with van der Waals surface area (Å²) in [7, 11) is 0. The van der Waals surface area contributed by atoms with Gasteiger partial charge in [0.25, 0.3) is 0 Å². The van der Waals surface area contributed by atoms with Crippen molar-refractivity contribution in [2.75, 3.05) is 36.8 Å². The molecule has 0 aromatic carbocycles. The van der Waals surface area contributed by atoms with Crippen molar-refractivity contribution in [3.63, 3.8) is 0 Å². The number of piperazine rings is 1. The molecule has 32 heavy (non-hydrogen) atoms. The third-order valence-corrected chi connectivity index (χ3v) is 6.62. The predicted octanol–water partition coefficient (Wildman–Crippen LogP) is 4.66. The second-order valence-electron chi connectivity index (χ2n) is 8.25. The molecule has 1 aliphatic heterocycles. The second-order valence-corrected chi connectivity index (χ2v) is 9.60. The molecule has 0 saturated carbocycles. The minimum absolute atomic E-state index is 0.00975. The molecular formula is C21H27ClF3N5OS. The fraction of sp³-hybridized carbons (Fsp3) is 0.571. The van der Waals surface area contributed by atoms with Gasteiger partial charge in [-0.05, 0) is 25.8 Å². The lowest BCUT2D eigenvalue weighted by atomic mass is 10.2. The summed E-state index contributed by atoms with van der Waals surface area (Å²) in [5.74, 6) is 1.07. The molecule has 0 N–H and O–H groups in total. The maximum Gasteiger partial charge on any atom is 0.417 e. The van der Waals surface area contributed by atoms with Crippen LogP contribution in [-0.4, -0.2) is 57.3 Å². The van der Waals surface area contributed by atoms with Crippen LogP contribution in [0.15, 0.2) is 17.4 Å². The molecule has 176 valence electrons. The van der Waals surface area contributed by atoms with Crippen LogP contribution in [0.2, 0.25) is 5.02 Å². The number of rotatable bonds is 6. The first-order valence-corrected chi connectivity index (χ1v) is 11.8. The molecule has 1 saturated heterocycles. The van der Waals surface area contributed by atoms with Crippen LogP contribution in [0.3, 0.4) is 0 Å². The normalized spacial score (nSPS) is 15.0. The Morgan fingerprint density at radius 2 is 1.88 bits per heavy atom. The van der Waals surface area contributed by atoms with E-state index in [-0.39, 0.29) is 16.7 Å². The number of aromatic nitrogens is 3. The average Bonchev–Trinajstić information content (AvgIpc) is 2.98. The SMILES string of the molecule is Cc1nc(SCC(=O)N2CCN(c3ncc(C(F)(F)F)cc3Cl)CC2)n(CC(C)C)c1C. The number of alkyl halides is 3. The van der Waals surface area contributed by atoms with Crippen LogP contribution < -0.4 is 4.90 Å². The van der Waals surface area contributed by atoms with Crippen molar-refractivity contribution in [2.45, 2.75) is 45.6 Å². The van der Waals surface area contributed by atoms with Crippen molar-refractivity contribution in [3.05, 3.63) is 34.2 Å². The van der Waals surface area contributed by atoms with Crippen molar-refractivity contribution in [3.8, 4) is 0 Å². The molecule has 0 atom stereocenters. The topological polar surface area (TPSA) is 54.3 Å². The van der Waals surface area contributed by atoms with Gasteiger partial charge in [0.05, 0.1) is 22.0 Å². The van der Waals surface area contributed by atoms with Crippen LogP contribution in [0.25, 0.3) is 0 Å². The Morgan fingerprint density at radius 1 is 1.22 bits per heavy atom. The van der Waals surface area contributed by atoms with E-state index in [9.17, 15) is 18.0 Å². The van der Waals surface area contributed by atoms with Crippen LogP contribution >= 0.6 is 23.4 Å². The Kier molecular flexibility index (Phi) is 7.65. The second kappa shape index (κ2) is 9.91. The Hall–Kier alpha value is -1.94. The van der Waals surface area contributed by atoms with Crippen LogP contribution in [0.5, 0.6) is 0 Å². The monoisotopic (exact) mass is 489 g/mol. The number of carbonyl (C=O) groups excluding carboxylic acids is 1. The highest BCUT2D eigenvalue weighted by Crippen LogP contribution is 2.33. The lowest BCUT2D eigenvalue weighted by Crippen LogP contribution is -2.49. The molecule has 1 amide bonds. The standard InChI is InChI=1S/C21H27ClF3N5OS/c1-13(2)11-30-15(4)14(3)27-20(30)32-12-18(31)28-5-7-29(8-6-28)19-17(22)9-16(10-26-19)21(23,24)25/h9-10,13H,5-8,11-12H2,1-4H3. The number of hydrogen-bond acceptors (Lipinski definition) is 5. The fourth-order valence-corrected chi connectivity index (χ4v) is 4.81. The van der Waals surface area contributed by atoms with Crippen LogP contribution in [0, 0.1) is 19.8 Å². The number of amides is 1. The summed E-state index contributed by atoms with van der Waals surface area (Å²) >= 11 is 7.49. The van der Waals surface area contributed by atoms with Gasteiger partial charge in [0.15, 0.2) is 5.16 Å².